The maximum Gasteiger partial charge on any atom is 0.332 e. The first kappa shape index (κ1) is 10.2. The van der Waals surface area contributed by atoms with Gasteiger partial charge in [-0.2, -0.15) is 0 Å². The smallest absolute Gasteiger partial charge is 0.332 e. The van der Waals surface area contributed by atoms with E-state index in [-0.39, 0.29) is 6.10 Å². The molecule has 0 aliphatic carbocycles. The van der Waals surface area contributed by atoms with Crippen LogP contribution in [0, 0.1) is 0 Å². The third kappa shape index (κ3) is 1.66. The van der Waals surface area contributed by atoms with Gasteiger partial charge in [-0.25, -0.2) is 4.79 Å². The van der Waals surface area contributed by atoms with Gasteiger partial charge in [0.1, 0.15) is 6.10 Å². The molecule has 6 nitrogen and oxygen atoms in total. The molecule has 3 rings (SSSR count). The third-order valence-electron chi connectivity index (χ3n) is 2.92. The fourth-order valence-corrected chi connectivity index (χ4v) is 2.09. The SMILES string of the molecule is O=C(O)C1CCC(c2nnc3ccccn23)O1. The van der Waals surface area contributed by atoms with Gasteiger partial charge in [0.2, 0.25) is 0 Å². The Bertz CT molecular complexity index is 566. The minimum Gasteiger partial charge on any atom is -0.479 e. The third-order valence-corrected chi connectivity index (χ3v) is 2.92. The van der Waals surface area contributed by atoms with Crippen LogP contribution in [0.3, 0.4) is 0 Å². The fourth-order valence-electron chi connectivity index (χ4n) is 2.09. The van der Waals surface area contributed by atoms with Crippen molar-refractivity contribution in [2.24, 2.45) is 0 Å². The predicted molar refractivity (Wildman–Crippen MR) is 57.5 cm³/mol. The Hall–Kier alpha value is -1.95. The van der Waals surface area contributed by atoms with Crippen LogP contribution in [0.1, 0.15) is 24.8 Å². The van der Waals surface area contributed by atoms with Crippen molar-refractivity contribution in [2.45, 2.75) is 25.0 Å². The quantitative estimate of drug-likeness (QED) is 0.838. The van der Waals surface area contributed by atoms with E-state index in [1.54, 1.807) is 0 Å². The predicted octanol–water partition coefficient (Wildman–Crippen LogP) is 1.03. The molecule has 2 aromatic heterocycles. The number of aliphatic carboxylic acids is 1. The molecule has 0 radical (unpaired) electrons. The number of carbonyl (C=O) groups is 1. The summed E-state index contributed by atoms with van der Waals surface area (Å²) in [7, 11) is 0. The van der Waals surface area contributed by atoms with Gasteiger partial charge in [0.25, 0.3) is 0 Å². The second-order valence-corrected chi connectivity index (χ2v) is 4.02. The lowest BCUT2D eigenvalue weighted by Crippen LogP contribution is -2.19. The number of carboxylic acid groups (broad SMARTS) is 1. The summed E-state index contributed by atoms with van der Waals surface area (Å²) in [5.41, 5.74) is 0.741. The summed E-state index contributed by atoms with van der Waals surface area (Å²) in [6.07, 6.45) is 2.01. The van der Waals surface area contributed by atoms with E-state index in [0.717, 1.165) is 5.65 Å². The highest BCUT2D eigenvalue weighted by atomic mass is 16.5. The molecule has 0 bridgehead atoms. The maximum absolute atomic E-state index is 10.8. The first-order valence-electron chi connectivity index (χ1n) is 5.43. The van der Waals surface area contributed by atoms with Gasteiger partial charge in [-0.05, 0) is 25.0 Å². The van der Waals surface area contributed by atoms with Gasteiger partial charge in [0.05, 0.1) is 0 Å². The van der Waals surface area contributed by atoms with E-state index >= 15 is 0 Å². The van der Waals surface area contributed by atoms with E-state index in [9.17, 15) is 4.79 Å². The summed E-state index contributed by atoms with van der Waals surface area (Å²) in [4.78, 5) is 10.8. The topological polar surface area (TPSA) is 76.7 Å². The number of aromatic nitrogens is 3. The largest absolute Gasteiger partial charge is 0.479 e. The van der Waals surface area contributed by atoms with Gasteiger partial charge < -0.3 is 9.84 Å². The van der Waals surface area contributed by atoms with Gasteiger partial charge in [0.15, 0.2) is 17.6 Å². The number of fused-ring (bicyclic) bond motifs is 1. The fraction of sp³-hybridized carbons (Fsp3) is 0.364. The Labute approximate surface area is 96.8 Å². The van der Waals surface area contributed by atoms with E-state index in [1.807, 2.05) is 28.8 Å². The minimum absolute atomic E-state index is 0.284. The normalized spacial score (nSPS) is 24.2. The van der Waals surface area contributed by atoms with Gasteiger partial charge in [-0.3, -0.25) is 4.40 Å². The standard InChI is InChI=1S/C11H11N3O3/c15-11(16)8-5-4-7(17-8)10-13-12-9-3-1-2-6-14(9)10/h1-3,6-8H,4-5H2,(H,15,16). The molecule has 1 aliphatic rings. The number of carboxylic acids is 1. The van der Waals surface area contributed by atoms with E-state index in [4.69, 9.17) is 9.84 Å². The maximum atomic E-state index is 10.8. The molecular formula is C11H11N3O3. The van der Waals surface area contributed by atoms with Gasteiger partial charge in [-0.1, -0.05) is 6.07 Å². The zero-order valence-corrected chi connectivity index (χ0v) is 8.98. The summed E-state index contributed by atoms with van der Waals surface area (Å²) in [5.74, 6) is -0.245. The monoisotopic (exact) mass is 233 g/mol. The zero-order valence-electron chi connectivity index (χ0n) is 8.98. The molecule has 1 fully saturated rings. The summed E-state index contributed by atoms with van der Waals surface area (Å²) in [6.45, 7) is 0. The van der Waals surface area contributed by atoms with Crippen molar-refractivity contribution in [1.82, 2.24) is 14.6 Å². The van der Waals surface area contributed by atoms with E-state index in [0.29, 0.717) is 18.7 Å². The van der Waals surface area contributed by atoms with Crippen LogP contribution in [0.25, 0.3) is 5.65 Å². The lowest BCUT2D eigenvalue weighted by Gasteiger charge is -2.08. The molecule has 0 amide bonds. The van der Waals surface area contributed by atoms with Gasteiger partial charge >= 0.3 is 5.97 Å². The van der Waals surface area contributed by atoms with E-state index in [1.165, 1.54) is 0 Å². The van der Waals surface area contributed by atoms with Crippen LogP contribution in [0.5, 0.6) is 0 Å². The van der Waals surface area contributed by atoms with Crippen molar-refractivity contribution < 1.29 is 14.6 Å². The van der Waals surface area contributed by atoms with Crippen molar-refractivity contribution in [3.8, 4) is 0 Å². The number of ether oxygens (including phenoxy) is 1. The highest BCUT2D eigenvalue weighted by Gasteiger charge is 2.33. The zero-order chi connectivity index (χ0) is 11.8. The molecule has 88 valence electrons. The van der Waals surface area contributed by atoms with E-state index in [2.05, 4.69) is 10.2 Å². The number of pyridine rings is 1. The van der Waals surface area contributed by atoms with Crippen LogP contribution in [0.15, 0.2) is 24.4 Å². The molecule has 17 heavy (non-hydrogen) atoms. The average Bonchev–Trinajstić information content (AvgIpc) is 2.95. The van der Waals surface area contributed by atoms with Crippen LogP contribution in [0.2, 0.25) is 0 Å². The Morgan fingerprint density at radius 2 is 2.29 bits per heavy atom. The summed E-state index contributed by atoms with van der Waals surface area (Å²) in [6, 6.07) is 5.60. The average molecular weight is 233 g/mol. The molecule has 6 heteroatoms. The lowest BCUT2D eigenvalue weighted by atomic mass is 10.2. The van der Waals surface area contributed by atoms with Crippen molar-refractivity contribution in [3.05, 3.63) is 30.2 Å². The molecule has 0 aromatic carbocycles. The molecule has 2 aromatic rings. The molecule has 2 unspecified atom stereocenters. The van der Waals surface area contributed by atoms with Crippen LogP contribution < -0.4 is 0 Å². The lowest BCUT2D eigenvalue weighted by molar-refractivity contribution is -0.149. The van der Waals surface area contributed by atoms with E-state index < -0.39 is 12.1 Å². The number of nitrogens with zero attached hydrogens (tertiary/aromatic N) is 3. The molecule has 2 atom stereocenters. The molecule has 1 aliphatic heterocycles. The second-order valence-electron chi connectivity index (χ2n) is 4.02. The van der Waals surface area contributed by atoms with Crippen LogP contribution in [0.4, 0.5) is 0 Å². The molecule has 3 heterocycles. The Kier molecular flexibility index (Phi) is 2.29. The highest BCUT2D eigenvalue weighted by Crippen LogP contribution is 2.31. The Morgan fingerprint density at radius 3 is 3.06 bits per heavy atom. The number of rotatable bonds is 2. The van der Waals surface area contributed by atoms with Crippen molar-refractivity contribution in [2.75, 3.05) is 0 Å². The van der Waals surface area contributed by atoms with Gasteiger partial charge in [0, 0.05) is 6.20 Å². The van der Waals surface area contributed by atoms with Crippen LogP contribution in [-0.2, 0) is 9.53 Å². The number of hydrogen-bond donors (Lipinski definition) is 1. The molecule has 0 spiro atoms. The summed E-state index contributed by atoms with van der Waals surface area (Å²) >= 11 is 0. The van der Waals surface area contributed by atoms with Crippen molar-refractivity contribution in [1.29, 1.82) is 0 Å². The molecule has 1 N–H and O–H groups in total. The second kappa shape index (κ2) is 3.81. The minimum atomic E-state index is -0.915. The number of hydrogen-bond acceptors (Lipinski definition) is 4. The summed E-state index contributed by atoms with van der Waals surface area (Å²) in [5, 5.41) is 17.0. The van der Waals surface area contributed by atoms with Crippen molar-refractivity contribution >= 4 is 11.6 Å². The molecular weight excluding hydrogens is 222 g/mol. The highest BCUT2D eigenvalue weighted by molar-refractivity contribution is 5.72. The molecule has 1 saturated heterocycles. The first-order chi connectivity index (χ1) is 8.25. The Balaban J connectivity index is 1.93. The van der Waals surface area contributed by atoms with Crippen LogP contribution in [-0.4, -0.2) is 31.8 Å². The van der Waals surface area contributed by atoms with Crippen molar-refractivity contribution in [3.63, 3.8) is 0 Å². The summed E-state index contributed by atoms with van der Waals surface area (Å²) < 4.78 is 7.28. The molecule has 0 saturated carbocycles. The Morgan fingerprint density at radius 1 is 1.41 bits per heavy atom. The van der Waals surface area contributed by atoms with Gasteiger partial charge in [-0.15, -0.1) is 10.2 Å². The first-order valence-corrected chi connectivity index (χ1v) is 5.43. The van der Waals surface area contributed by atoms with Crippen LogP contribution >= 0.6 is 0 Å².